The van der Waals surface area contributed by atoms with Crippen LogP contribution >= 0.6 is 0 Å². The molecule has 2 atom stereocenters. The van der Waals surface area contributed by atoms with Gasteiger partial charge >= 0.3 is 5.97 Å². The van der Waals surface area contributed by atoms with Gasteiger partial charge in [-0.1, -0.05) is 40.0 Å². The molecular weight excluding hydrogens is 214 g/mol. The van der Waals surface area contributed by atoms with E-state index in [1.54, 1.807) is 0 Å². The van der Waals surface area contributed by atoms with Gasteiger partial charge in [-0.3, -0.25) is 9.69 Å². The Morgan fingerprint density at radius 3 is 2.65 bits per heavy atom. The van der Waals surface area contributed by atoms with Crippen LogP contribution in [-0.2, 0) is 4.79 Å². The lowest BCUT2D eigenvalue weighted by Gasteiger charge is -2.37. The van der Waals surface area contributed by atoms with Crippen LogP contribution in [0.25, 0.3) is 0 Å². The van der Waals surface area contributed by atoms with E-state index < -0.39 is 5.97 Å². The molecule has 0 heterocycles. The number of carboxylic acids is 1. The molecule has 100 valence electrons. The summed E-state index contributed by atoms with van der Waals surface area (Å²) in [4.78, 5) is 13.1. The molecule has 0 amide bonds. The number of carboxylic acid groups (broad SMARTS) is 1. The fourth-order valence-electron chi connectivity index (χ4n) is 2.95. The highest BCUT2D eigenvalue weighted by Gasteiger charge is 2.27. The van der Waals surface area contributed by atoms with Crippen molar-refractivity contribution in [3.8, 4) is 0 Å². The molecule has 0 bridgehead atoms. The van der Waals surface area contributed by atoms with Crippen molar-refractivity contribution in [1.82, 2.24) is 4.90 Å². The molecule has 0 saturated heterocycles. The molecular formula is C14H27NO2. The first-order valence-corrected chi connectivity index (χ1v) is 6.98. The molecule has 0 aromatic rings. The zero-order chi connectivity index (χ0) is 12.8. The van der Waals surface area contributed by atoms with Crippen LogP contribution in [0.1, 0.15) is 52.9 Å². The van der Waals surface area contributed by atoms with Gasteiger partial charge in [0.1, 0.15) is 0 Å². The maximum absolute atomic E-state index is 10.9. The van der Waals surface area contributed by atoms with E-state index in [2.05, 4.69) is 25.7 Å². The second kappa shape index (κ2) is 7.00. The van der Waals surface area contributed by atoms with E-state index in [9.17, 15) is 4.79 Å². The summed E-state index contributed by atoms with van der Waals surface area (Å²) in [5.41, 5.74) is 0. The van der Waals surface area contributed by atoms with Crippen LogP contribution in [0.15, 0.2) is 0 Å². The van der Waals surface area contributed by atoms with Crippen LogP contribution in [0.2, 0.25) is 0 Å². The minimum atomic E-state index is -0.690. The number of carbonyl (C=O) groups is 1. The molecule has 1 saturated carbocycles. The largest absolute Gasteiger partial charge is 0.480 e. The van der Waals surface area contributed by atoms with Gasteiger partial charge in [-0.05, 0) is 24.7 Å². The fraction of sp³-hybridized carbons (Fsp3) is 0.929. The standard InChI is InChI=1S/C14H27NO2/c1-4-12-6-5-7-13(8-12)15(9-11(2)3)10-14(16)17/h11-13H,4-10H2,1-3H3,(H,16,17). The molecule has 17 heavy (non-hydrogen) atoms. The van der Waals surface area contributed by atoms with Gasteiger partial charge in [0.05, 0.1) is 6.54 Å². The van der Waals surface area contributed by atoms with Crippen molar-refractivity contribution in [2.45, 2.75) is 58.9 Å². The fourth-order valence-corrected chi connectivity index (χ4v) is 2.95. The molecule has 1 aliphatic rings. The van der Waals surface area contributed by atoms with E-state index in [0.717, 1.165) is 12.5 Å². The van der Waals surface area contributed by atoms with E-state index in [1.165, 1.54) is 32.1 Å². The van der Waals surface area contributed by atoms with Crippen molar-refractivity contribution in [3.05, 3.63) is 0 Å². The molecule has 1 fully saturated rings. The van der Waals surface area contributed by atoms with Gasteiger partial charge in [0.2, 0.25) is 0 Å². The number of hydrogen-bond acceptors (Lipinski definition) is 2. The quantitative estimate of drug-likeness (QED) is 0.777. The Morgan fingerprint density at radius 2 is 2.12 bits per heavy atom. The summed E-state index contributed by atoms with van der Waals surface area (Å²) in [6.45, 7) is 7.69. The zero-order valence-electron chi connectivity index (χ0n) is 11.5. The van der Waals surface area contributed by atoms with E-state index in [4.69, 9.17) is 5.11 Å². The Kier molecular flexibility index (Phi) is 5.96. The van der Waals surface area contributed by atoms with Crippen LogP contribution in [0.5, 0.6) is 0 Å². The summed E-state index contributed by atoms with van der Waals surface area (Å²) < 4.78 is 0. The van der Waals surface area contributed by atoms with Crippen molar-refractivity contribution < 1.29 is 9.90 Å². The monoisotopic (exact) mass is 241 g/mol. The summed E-state index contributed by atoms with van der Waals surface area (Å²) in [6, 6.07) is 0.493. The third-order valence-electron chi connectivity index (χ3n) is 3.79. The topological polar surface area (TPSA) is 40.5 Å². The van der Waals surface area contributed by atoms with Crippen molar-refractivity contribution >= 4 is 5.97 Å². The van der Waals surface area contributed by atoms with Gasteiger partial charge in [-0.2, -0.15) is 0 Å². The lowest BCUT2D eigenvalue weighted by Crippen LogP contribution is -2.43. The Balaban J connectivity index is 2.57. The first-order valence-electron chi connectivity index (χ1n) is 6.98. The van der Waals surface area contributed by atoms with Gasteiger partial charge in [-0.15, -0.1) is 0 Å². The molecule has 3 heteroatoms. The van der Waals surface area contributed by atoms with Gasteiger partial charge in [0.25, 0.3) is 0 Å². The predicted molar refractivity (Wildman–Crippen MR) is 70.1 cm³/mol. The first kappa shape index (κ1) is 14.5. The number of nitrogens with zero attached hydrogens (tertiary/aromatic N) is 1. The minimum Gasteiger partial charge on any atom is -0.480 e. The summed E-state index contributed by atoms with van der Waals surface area (Å²) >= 11 is 0. The van der Waals surface area contributed by atoms with E-state index in [0.29, 0.717) is 12.0 Å². The molecule has 0 aliphatic heterocycles. The van der Waals surface area contributed by atoms with Crippen LogP contribution < -0.4 is 0 Å². The molecule has 1 aliphatic carbocycles. The van der Waals surface area contributed by atoms with Crippen molar-refractivity contribution in [2.75, 3.05) is 13.1 Å². The average Bonchev–Trinajstić information content (AvgIpc) is 2.27. The maximum Gasteiger partial charge on any atom is 0.317 e. The number of aliphatic carboxylic acids is 1. The molecule has 1 rings (SSSR count). The normalized spacial score (nSPS) is 25.5. The summed E-state index contributed by atoms with van der Waals surface area (Å²) in [6.07, 6.45) is 6.19. The molecule has 0 radical (unpaired) electrons. The summed E-state index contributed by atoms with van der Waals surface area (Å²) in [5.74, 6) is 0.651. The van der Waals surface area contributed by atoms with Gasteiger partial charge in [0, 0.05) is 12.6 Å². The Morgan fingerprint density at radius 1 is 1.41 bits per heavy atom. The Hall–Kier alpha value is -0.570. The third-order valence-corrected chi connectivity index (χ3v) is 3.79. The van der Waals surface area contributed by atoms with Gasteiger partial charge in [-0.25, -0.2) is 0 Å². The summed E-state index contributed by atoms with van der Waals surface area (Å²) in [5, 5.41) is 9.01. The molecule has 0 aromatic heterocycles. The zero-order valence-corrected chi connectivity index (χ0v) is 11.5. The van der Waals surface area contributed by atoms with Gasteiger partial charge < -0.3 is 5.11 Å². The highest BCUT2D eigenvalue weighted by Crippen LogP contribution is 2.30. The Bertz CT molecular complexity index is 240. The van der Waals surface area contributed by atoms with Crippen LogP contribution in [0, 0.1) is 11.8 Å². The highest BCUT2D eigenvalue weighted by molar-refractivity contribution is 5.69. The van der Waals surface area contributed by atoms with E-state index in [1.807, 2.05) is 0 Å². The third kappa shape index (κ3) is 5.07. The molecule has 0 spiro atoms. The predicted octanol–water partition coefficient (Wildman–Crippen LogP) is 3.00. The van der Waals surface area contributed by atoms with Crippen molar-refractivity contribution in [1.29, 1.82) is 0 Å². The second-order valence-corrected chi connectivity index (χ2v) is 5.81. The van der Waals surface area contributed by atoms with Crippen molar-refractivity contribution in [3.63, 3.8) is 0 Å². The van der Waals surface area contributed by atoms with Crippen LogP contribution in [0.4, 0.5) is 0 Å². The van der Waals surface area contributed by atoms with Crippen molar-refractivity contribution in [2.24, 2.45) is 11.8 Å². The molecule has 3 nitrogen and oxygen atoms in total. The Labute approximate surface area is 105 Å². The lowest BCUT2D eigenvalue weighted by atomic mass is 9.83. The highest BCUT2D eigenvalue weighted by atomic mass is 16.4. The maximum atomic E-state index is 10.9. The van der Waals surface area contributed by atoms with Crippen LogP contribution in [0.3, 0.4) is 0 Å². The first-order chi connectivity index (χ1) is 8.02. The summed E-state index contributed by atoms with van der Waals surface area (Å²) in [7, 11) is 0. The second-order valence-electron chi connectivity index (χ2n) is 5.81. The average molecular weight is 241 g/mol. The molecule has 0 aromatic carbocycles. The number of hydrogen-bond donors (Lipinski definition) is 1. The smallest absolute Gasteiger partial charge is 0.317 e. The SMILES string of the molecule is CCC1CCCC(N(CC(=O)O)CC(C)C)C1. The lowest BCUT2D eigenvalue weighted by molar-refractivity contribution is -0.139. The van der Waals surface area contributed by atoms with E-state index >= 15 is 0 Å². The minimum absolute atomic E-state index is 0.208. The van der Waals surface area contributed by atoms with Crippen LogP contribution in [-0.4, -0.2) is 35.1 Å². The molecule has 1 N–H and O–H groups in total. The van der Waals surface area contributed by atoms with E-state index in [-0.39, 0.29) is 6.54 Å². The number of rotatable bonds is 6. The van der Waals surface area contributed by atoms with Gasteiger partial charge in [0.15, 0.2) is 0 Å². The molecule has 2 unspecified atom stereocenters.